The van der Waals surface area contributed by atoms with Crippen molar-refractivity contribution in [2.45, 2.75) is 0 Å². The number of hydrogen-bond acceptors (Lipinski definition) is 7. The van der Waals surface area contributed by atoms with Gasteiger partial charge in [-0.05, 0) is 51.5 Å². The highest BCUT2D eigenvalue weighted by molar-refractivity contribution is 9.10. The van der Waals surface area contributed by atoms with E-state index in [0.29, 0.717) is 5.75 Å². The Morgan fingerprint density at radius 1 is 1.52 bits per heavy atom. The lowest BCUT2D eigenvalue weighted by Crippen LogP contribution is -2.19. The van der Waals surface area contributed by atoms with E-state index < -0.39 is 11.9 Å². The van der Waals surface area contributed by atoms with Crippen LogP contribution in [0.15, 0.2) is 43.9 Å². The number of thioether (sulfide) groups is 1. The van der Waals surface area contributed by atoms with Crippen molar-refractivity contribution < 1.29 is 19.1 Å². The second-order valence-electron chi connectivity index (χ2n) is 4.42. The molecule has 1 fully saturated rings. The zero-order valence-electron chi connectivity index (χ0n) is 13.0. The molecule has 0 bridgehead atoms. The van der Waals surface area contributed by atoms with Gasteiger partial charge in [0, 0.05) is 6.08 Å². The third-order valence-electron chi connectivity index (χ3n) is 2.72. The molecule has 9 heteroatoms. The van der Waals surface area contributed by atoms with Gasteiger partial charge >= 0.3 is 5.97 Å². The van der Waals surface area contributed by atoms with E-state index in [4.69, 9.17) is 11.2 Å². The third-order valence-corrected chi connectivity index (χ3v) is 4.24. The molecule has 0 aliphatic carbocycles. The minimum atomic E-state index is -0.612. The highest BCUT2D eigenvalue weighted by Crippen LogP contribution is 2.26. The normalized spacial score (nSPS) is 16.9. The van der Waals surface area contributed by atoms with Gasteiger partial charge in [0.1, 0.15) is 12.4 Å². The molecule has 0 unspecified atom stereocenters. The molecule has 0 atom stereocenters. The Balaban J connectivity index is 2.03. The molecule has 0 radical (unpaired) electrons. The van der Waals surface area contributed by atoms with E-state index in [1.54, 1.807) is 18.2 Å². The van der Waals surface area contributed by atoms with E-state index in [1.165, 1.54) is 13.3 Å². The minimum absolute atomic E-state index is 0.179. The van der Waals surface area contributed by atoms with E-state index in [-0.39, 0.29) is 16.7 Å². The number of carbonyl (C=O) groups is 2. The summed E-state index contributed by atoms with van der Waals surface area (Å²) < 4.78 is 10.5. The van der Waals surface area contributed by atoms with Crippen LogP contribution in [0.5, 0.6) is 5.75 Å². The lowest BCUT2D eigenvalue weighted by Gasteiger charge is -2.05. The largest absolute Gasteiger partial charge is 0.480 e. The summed E-state index contributed by atoms with van der Waals surface area (Å²) in [6, 6.07) is 5.32. The number of rotatable bonds is 5. The van der Waals surface area contributed by atoms with Gasteiger partial charge in [0.25, 0.3) is 5.91 Å². The van der Waals surface area contributed by atoms with E-state index in [9.17, 15) is 9.59 Å². The molecule has 1 saturated heterocycles. The highest BCUT2D eigenvalue weighted by Gasteiger charge is 2.24. The van der Waals surface area contributed by atoms with Gasteiger partial charge < -0.3 is 9.47 Å². The van der Waals surface area contributed by atoms with Gasteiger partial charge in [-0.1, -0.05) is 5.92 Å². The molecule has 128 valence electrons. The van der Waals surface area contributed by atoms with Crippen LogP contribution in [0.3, 0.4) is 0 Å². The molecule has 1 heterocycles. The molecular weight excluding hydrogens is 410 g/mol. The first-order chi connectivity index (χ1) is 12.0. The average molecular weight is 422 g/mol. The Bertz CT molecular complexity index is 827. The predicted molar refractivity (Wildman–Crippen MR) is 99.3 cm³/mol. The van der Waals surface area contributed by atoms with Crippen LogP contribution in [0.2, 0.25) is 0 Å². The van der Waals surface area contributed by atoms with Crippen LogP contribution < -0.4 is 10.1 Å². The number of nitrogens with zero attached hydrogens (tertiary/aromatic N) is 2. The predicted octanol–water partition coefficient (Wildman–Crippen LogP) is 2.07. The SMILES string of the molecule is C#CCOc1ccc(C=N/N=C2/NC(=O)/C(=C\C(=O)OC)S2)cc1Br. The molecule has 1 aromatic carbocycles. The van der Waals surface area contributed by atoms with Gasteiger partial charge in [0.05, 0.1) is 22.7 Å². The number of esters is 1. The summed E-state index contributed by atoms with van der Waals surface area (Å²) in [5, 5.41) is 10.6. The van der Waals surface area contributed by atoms with Crippen LogP contribution in [0.1, 0.15) is 5.56 Å². The second kappa shape index (κ2) is 9.05. The molecule has 1 aliphatic heterocycles. The molecule has 1 aliphatic rings. The quantitative estimate of drug-likeness (QED) is 0.258. The maximum Gasteiger partial charge on any atom is 0.331 e. The molecule has 25 heavy (non-hydrogen) atoms. The fourth-order valence-electron chi connectivity index (χ4n) is 1.62. The first-order valence-electron chi connectivity index (χ1n) is 6.79. The number of amides is 1. The van der Waals surface area contributed by atoms with E-state index in [2.05, 4.69) is 42.1 Å². The molecule has 0 saturated carbocycles. The number of ether oxygens (including phenoxy) is 2. The smallest absolute Gasteiger partial charge is 0.331 e. The van der Waals surface area contributed by atoms with Gasteiger partial charge in [-0.25, -0.2) is 4.79 Å². The van der Waals surface area contributed by atoms with E-state index in [1.807, 2.05) is 0 Å². The van der Waals surface area contributed by atoms with Crippen LogP contribution in [0, 0.1) is 12.3 Å². The summed E-state index contributed by atoms with van der Waals surface area (Å²) in [4.78, 5) is 23.0. The van der Waals surface area contributed by atoms with Crippen molar-refractivity contribution in [3.63, 3.8) is 0 Å². The number of hydrogen-bond donors (Lipinski definition) is 1. The average Bonchev–Trinajstić information content (AvgIpc) is 2.93. The van der Waals surface area contributed by atoms with E-state index >= 15 is 0 Å². The zero-order chi connectivity index (χ0) is 18.2. The molecule has 0 aromatic heterocycles. The van der Waals surface area contributed by atoms with E-state index in [0.717, 1.165) is 27.9 Å². The zero-order valence-corrected chi connectivity index (χ0v) is 15.4. The Kier molecular flexibility index (Phi) is 6.80. The number of methoxy groups -OCH3 is 1. The lowest BCUT2D eigenvalue weighted by atomic mass is 10.2. The maximum atomic E-state index is 11.7. The number of terminal acetylenes is 1. The van der Waals surface area contributed by atoms with Crippen LogP contribution in [-0.4, -0.2) is 37.0 Å². The molecule has 1 amide bonds. The molecule has 7 nitrogen and oxygen atoms in total. The molecule has 1 aromatic rings. The number of halogens is 1. The number of carbonyl (C=O) groups excluding carboxylic acids is 2. The first kappa shape index (κ1) is 18.8. The van der Waals surface area contributed by atoms with Crippen molar-refractivity contribution in [1.82, 2.24) is 5.32 Å². The van der Waals surface area contributed by atoms with Crippen LogP contribution in [0.25, 0.3) is 0 Å². The van der Waals surface area contributed by atoms with Crippen molar-refractivity contribution in [1.29, 1.82) is 0 Å². The summed E-state index contributed by atoms with van der Waals surface area (Å²) in [5.74, 6) is 1.97. The number of benzene rings is 1. The monoisotopic (exact) mass is 421 g/mol. The summed E-state index contributed by atoms with van der Waals surface area (Å²) in [6.07, 6.45) is 7.76. The molecule has 1 N–H and O–H groups in total. The Labute approximate surface area is 156 Å². The van der Waals surface area contributed by atoms with Crippen molar-refractivity contribution in [2.75, 3.05) is 13.7 Å². The van der Waals surface area contributed by atoms with Gasteiger partial charge in [-0.15, -0.1) is 11.5 Å². The third kappa shape index (κ3) is 5.48. The van der Waals surface area contributed by atoms with Crippen LogP contribution >= 0.6 is 27.7 Å². The van der Waals surface area contributed by atoms with Crippen molar-refractivity contribution in [3.05, 3.63) is 39.2 Å². The number of nitrogens with one attached hydrogen (secondary N) is 1. The first-order valence-corrected chi connectivity index (χ1v) is 8.40. The van der Waals surface area contributed by atoms with Crippen molar-refractivity contribution >= 4 is 51.0 Å². The summed E-state index contributed by atoms with van der Waals surface area (Å²) in [5.41, 5.74) is 0.768. The topological polar surface area (TPSA) is 89.4 Å². The van der Waals surface area contributed by atoms with Gasteiger partial charge in [-0.3, -0.25) is 10.1 Å². The van der Waals surface area contributed by atoms with Crippen molar-refractivity contribution in [2.24, 2.45) is 10.2 Å². The van der Waals surface area contributed by atoms with Gasteiger partial charge in [0.2, 0.25) is 0 Å². The van der Waals surface area contributed by atoms with Crippen LogP contribution in [-0.2, 0) is 14.3 Å². The Morgan fingerprint density at radius 3 is 3.00 bits per heavy atom. The maximum absolute atomic E-state index is 11.7. The van der Waals surface area contributed by atoms with Crippen molar-refractivity contribution in [3.8, 4) is 18.1 Å². The Morgan fingerprint density at radius 2 is 2.32 bits per heavy atom. The second-order valence-corrected chi connectivity index (χ2v) is 6.31. The number of amidine groups is 1. The summed E-state index contributed by atoms with van der Waals surface area (Å²) in [6.45, 7) is 0.179. The summed E-state index contributed by atoms with van der Waals surface area (Å²) >= 11 is 4.38. The standard InChI is InChI=1S/C16H12BrN3O4S/c1-3-6-24-12-5-4-10(7-11(12)17)9-18-20-16-19-15(22)13(25-16)8-14(21)23-2/h1,4-5,7-9H,6H2,2H3,(H,19,20,22)/b13-8+,18-9?. The molecular formula is C16H12BrN3O4S. The lowest BCUT2D eigenvalue weighted by molar-refractivity contribution is -0.135. The van der Waals surface area contributed by atoms with Crippen LogP contribution in [0.4, 0.5) is 0 Å². The molecule has 0 spiro atoms. The minimum Gasteiger partial charge on any atom is -0.480 e. The van der Waals surface area contributed by atoms with Gasteiger partial charge in [0.15, 0.2) is 5.17 Å². The molecule has 2 rings (SSSR count). The fraction of sp³-hybridized carbons (Fsp3) is 0.125. The Hall–Kier alpha value is -2.57. The summed E-state index contributed by atoms with van der Waals surface area (Å²) in [7, 11) is 1.23. The van der Waals surface area contributed by atoms with Gasteiger partial charge in [-0.2, -0.15) is 5.10 Å². The highest BCUT2D eigenvalue weighted by atomic mass is 79.9. The fourth-order valence-corrected chi connectivity index (χ4v) is 2.87.